The lowest BCUT2D eigenvalue weighted by atomic mass is 9.92. The van der Waals surface area contributed by atoms with Crippen molar-refractivity contribution in [1.29, 1.82) is 0 Å². The van der Waals surface area contributed by atoms with Gasteiger partial charge >= 0.3 is 12.3 Å². The van der Waals surface area contributed by atoms with Gasteiger partial charge in [-0.05, 0) is 12.8 Å². The second-order valence-corrected chi connectivity index (χ2v) is 4.11. The number of hydrogen-bond donors (Lipinski definition) is 1. The lowest BCUT2D eigenvalue weighted by Gasteiger charge is -2.32. The maximum Gasteiger partial charge on any atom is 0.319 e. The summed E-state index contributed by atoms with van der Waals surface area (Å²) in [5, 5.41) is 2.49. The van der Waals surface area contributed by atoms with E-state index in [1.54, 1.807) is 0 Å². The standard InChI is InChI=1S/C10H17F4NO/c1-16-8-5-3-2-4-7(8)15-6-10(13,14)9(11)12/h7-9,15H,2-6H2,1H3. The van der Waals surface area contributed by atoms with Crippen LogP contribution in [-0.4, -0.2) is 38.1 Å². The lowest BCUT2D eigenvalue weighted by Crippen LogP contribution is -2.49. The van der Waals surface area contributed by atoms with Crippen molar-refractivity contribution in [2.45, 2.75) is 50.2 Å². The fourth-order valence-electron chi connectivity index (χ4n) is 1.96. The van der Waals surface area contributed by atoms with E-state index in [0.29, 0.717) is 6.42 Å². The maximum atomic E-state index is 12.7. The Morgan fingerprint density at radius 1 is 1.31 bits per heavy atom. The number of hydrogen-bond acceptors (Lipinski definition) is 2. The maximum absolute atomic E-state index is 12.7. The van der Waals surface area contributed by atoms with Gasteiger partial charge in [-0.15, -0.1) is 0 Å². The highest BCUT2D eigenvalue weighted by Gasteiger charge is 2.41. The SMILES string of the molecule is COC1CCCCC1NCC(F)(F)C(F)F. The summed E-state index contributed by atoms with van der Waals surface area (Å²) < 4.78 is 54.3. The molecule has 0 aromatic rings. The summed E-state index contributed by atoms with van der Waals surface area (Å²) >= 11 is 0. The van der Waals surface area contributed by atoms with Gasteiger partial charge in [0.1, 0.15) is 0 Å². The summed E-state index contributed by atoms with van der Waals surface area (Å²) in [6, 6.07) is -0.247. The van der Waals surface area contributed by atoms with E-state index in [2.05, 4.69) is 5.32 Å². The second-order valence-electron chi connectivity index (χ2n) is 4.11. The molecular weight excluding hydrogens is 226 g/mol. The van der Waals surface area contributed by atoms with Gasteiger partial charge in [-0.25, -0.2) is 8.78 Å². The van der Waals surface area contributed by atoms with E-state index in [1.807, 2.05) is 0 Å². The number of halogens is 4. The lowest BCUT2D eigenvalue weighted by molar-refractivity contribution is -0.128. The summed E-state index contributed by atoms with van der Waals surface area (Å²) in [6.07, 6.45) is -0.391. The van der Waals surface area contributed by atoms with Gasteiger partial charge in [-0.1, -0.05) is 12.8 Å². The number of alkyl halides is 4. The van der Waals surface area contributed by atoms with Crippen molar-refractivity contribution >= 4 is 0 Å². The highest BCUT2D eigenvalue weighted by molar-refractivity contribution is 4.84. The summed E-state index contributed by atoms with van der Waals surface area (Å²) in [6.45, 7) is -0.991. The Labute approximate surface area is 92.3 Å². The predicted molar refractivity (Wildman–Crippen MR) is 52.0 cm³/mol. The molecule has 0 spiro atoms. The molecule has 0 aromatic carbocycles. The smallest absolute Gasteiger partial charge is 0.319 e. The van der Waals surface area contributed by atoms with Crippen molar-refractivity contribution in [1.82, 2.24) is 5.32 Å². The van der Waals surface area contributed by atoms with Gasteiger partial charge in [-0.3, -0.25) is 0 Å². The van der Waals surface area contributed by atoms with Crippen LogP contribution in [-0.2, 0) is 4.74 Å². The molecule has 16 heavy (non-hydrogen) atoms. The molecule has 2 nitrogen and oxygen atoms in total. The zero-order chi connectivity index (χ0) is 12.2. The fraction of sp³-hybridized carbons (Fsp3) is 1.00. The Morgan fingerprint density at radius 2 is 1.94 bits per heavy atom. The average Bonchev–Trinajstić information content (AvgIpc) is 2.26. The summed E-state index contributed by atoms with van der Waals surface area (Å²) in [5.74, 6) is -3.96. The Hall–Kier alpha value is -0.360. The minimum absolute atomic E-state index is 0.151. The number of methoxy groups -OCH3 is 1. The molecule has 2 atom stereocenters. The van der Waals surface area contributed by atoms with Crippen LogP contribution in [0.25, 0.3) is 0 Å². The average molecular weight is 243 g/mol. The molecule has 0 saturated heterocycles. The van der Waals surface area contributed by atoms with Gasteiger partial charge < -0.3 is 10.1 Å². The van der Waals surface area contributed by atoms with Gasteiger partial charge in [0.25, 0.3) is 0 Å². The molecule has 0 radical (unpaired) electrons. The van der Waals surface area contributed by atoms with E-state index >= 15 is 0 Å². The Morgan fingerprint density at radius 3 is 2.50 bits per heavy atom. The topological polar surface area (TPSA) is 21.3 Å². The van der Waals surface area contributed by atoms with Crippen molar-refractivity contribution in [3.63, 3.8) is 0 Å². The molecule has 0 amide bonds. The number of rotatable bonds is 5. The highest BCUT2D eigenvalue weighted by atomic mass is 19.3. The molecule has 1 aliphatic carbocycles. The van der Waals surface area contributed by atoms with Crippen LogP contribution in [0.4, 0.5) is 17.6 Å². The molecule has 96 valence electrons. The highest BCUT2D eigenvalue weighted by Crippen LogP contribution is 2.24. The molecule has 0 aromatic heterocycles. The van der Waals surface area contributed by atoms with Crippen LogP contribution in [0, 0.1) is 0 Å². The van der Waals surface area contributed by atoms with Gasteiger partial charge in [0.2, 0.25) is 0 Å². The van der Waals surface area contributed by atoms with Crippen molar-refractivity contribution in [3.05, 3.63) is 0 Å². The first-order valence-corrected chi connectivity index (χ1v) is 5.39. The minimum Gasteiger partial charge on any atom is -0.380 e. The van der Waals surface area contributed by atoms with Gasteiger partial charge in [0, 0.05) is 13.2 Å². The molecule has 1 rings (SSSR count). The monoisotopic (exact) mass is 243 g/mol. The molecule has 0 bridgehead atoms. The van der Waals surface area contributed by atoms with Gasteiger partial charge in [0.05, 0.1) is 12.6 Å². The first-order chi connectivity index (χ1) is 7.47. The molecule has 1 aliphatic rings. The molecule has 6 heteroatoms. The molecule has 0 aliphatic heterocycles. The van der Waals surface area contributed by atoms with Crippen LogP contribution in [0.1, 0.15) is 25.7 Å². The normalized spacial score (nSPS) is 27.4. The molecule has 0 heterocycles. The molecule has 1 N–H and O–H groups in total. The van der Waals surface area contributed by atoms with Gasteiger partial charge in [-0.2, -0.15) is 8.78 Å². The second kappa shape index (κ2) is 5.82. The van der Waals surface area contributed by atoms with E-state index in [-0.39, 0.29) is 12.1 Å². The quantitative estimate of drug-likeness (QED) is 0.749. The van der Waals surface area contributed by atoms with Crippen LogP contribution < -0.4 is 5.32 Å². The number of ether oxygens (including phenoxy) is 1. The zero-order valence-corrected chi connectivity index (χ0v) is 9.19. The molecule has 1 saturated carbocycles. The van der Waals surface area contributed by atoms with Crippen molar-refractivity contribution in [2.75, 3.05) is 13.7 Å². The van der Waals surface area contributed by atoms with E-state index in [0.717, 1.165) is 19.3 Å². The molecular formula is C10H17F4NO. The third kappa shape index (κ3) is 3.59. The van der Waals surface area contributed by atoms with Gasteiger partial charge in [0.15, 0.2) is 0 Å². The molecule has 1 fully saturated rings. The van der Waals surface area contributed by atoms with Crippen LogP contribution in [0.3, 0.4) is 0 Å². The van der Waals surface area contributed by atoms with E-state index < -0.39 is 18.9 Å². The van der Waals surface area contributed by atoms with E-state index in [4.69, 9.17) is 4.74 Å². The van der Waals surface area contributed by atoms with Crippen LogP contribution in [0.15, 0.2) is 0 Å². The third-order valence-electron chi connectivity index (χ3n) is 2.92. The summed E-state index contributed by atoms with van der Waals surface area (Å²) in [5.41, 5.74) is 0. The zero-order valence-electron chi connectivity index (χ0n) is 9.19. The first kappa shape index (κ1) is 13.7. The van der Waals surface area contributed by atoms with E-state index in [1.165, 1.54) is 7.11 Å². The number of nitrogens with one attached hydrogen (secondary N) is 1. The van der Waals surface area contributed by atoms with Crippen molar-refractivity contribution < 1.29 is 22.3 Å². The summed E-state index contributed by atoms with van der Waals surface area (Å²) in [4.78, 5) is 0. The fourth-order valence-corrected chi connectivity index (χ4v) is 1.96. The molecule has 2 unspecified atom stereocenters. The largest absolute Gasteiger partial charge is 0.380 e. The first-order valence-electron chi connectivity index (χ1n) is 5.39. The van der Waals surface area contributed by atoms with Crippen LogP contribution in [0.2, 0.25) is 0 Å². The minimum atomic E-state index is -3.96. The van der Waals surface area contributed by atoms with E-state index in [9.17, 15) is 17.6 Å². The predicted octanol–water partition coefficient (Wildman–Crippen LogP) is 2.43. The Kier molecular flexibility index (Phi) is 4.98. The Balaban J connectivity index is 2.40. The summed E-state index contributed by atoms with van der Waals surface area (Å²) in [7, 11) is 1.51. The van der Waals surface area contributed by atoms with Crippen LogP contribution in [0.5, 0.6) is 0 Å². The Bertz CT molecular complexity index is 213. The van der Waals surface area contributed by atoms with Crippen LogP contribution >= 0.6 is 0 Å². The van der Waals surface area contributed by atoms with Crippen molar-refractivity contribution in [3.8, 4) is 0 Å². The third-order valence-corrected chi connectivity index (χ3v) is 2.92. The van der Waals surface area contributed by atoms with Crippen molar-refractivity contribution in [2.24, 2.45) is 0 Å².